The lowest BCUT2D eigenvalue weighted by Gasteiger charge is -2.24. The lowest BCUT2D eigenvalue weighted by molar-refractivity contribution is 0.318. The van der Waals surface area contributed by atoms with Crippen molar-refractivity contribution in [2.45, 2.75) is 44.9 Å². The fourth-order valence-electron chi connectivity index (χ4n) is 2.77. The van der Waals surface area contributed by atoms with E-state index in [0.29, 0.717) is 23.2 Å². The molecule has 0 heterocycles. The molecule has 0 aliphatic heterocycles. The molecule has 0 saturated heterocycles. The van der Waals surface area contributed by atoms with Gasteiger partial charge in [-0.25, -0.2) is 0 Å². The van der Waals surface area contributed by atoms with E-state index in [2.05, 4.69) is 13.8 Å². The molecule has 0 amide bonds. The predicted octanol–water partition coefficient (Wildman–Crippen LogP) is 5.21. The van der Waals surface area contributed by atoms with Gasteiger partial charge in [0.15, 0.2) is 11.5 Å². The highest BCUT2D eigenvalue weighted by molar-refractivity contribution is 6.21. The van der Waals surface area contributed by atoms with Crippen LogP contribution in [0.15, 0.2) is 12.1 Å². The SMILES string of the molecule is CCCC(CCC)C(Cl)c1ccc(OC)c(OC)c1OC. The molecule has 0 aromatic heterocycles. The summed E-state index contributed by atoms with van der Waals surface area (Å²) in [6.07, 6.45) is 4.48. The molecule has 0 N–H and O–H groups in total. The zero-order chi connectivity index (χ0) is 15.8. The Bertz CT molecular complexity index is 428. The van der Waals surface area contributed by atoms with Crippen molar-refractivity contribution in [3.63, 3.8) is 0 Å². The van der Waals surface area contributed by atoms with Gasteiger partial charge in [-0.3, -0.25) is 0 Å². The van der Waals surface area contributed by atoms with Gasteiger partial charge in [0.25, 0.3) is 0 Å². The van der Waals surface area contributed by atoms with E-state index in [-0.39, 0.29) is 5.38 Å². The number of rotatable bonds is 9. The molecular formula is C17H27ClO3. The second-order valence-corrected chi connectivity index (χ2v) is 5.63. The normalized spacial score (nSPS) is 12.3. The molecule has 0 saturated carbocycles. The second kappa shape index (κ2) is 9.04. The van der Waals surface area contributed by atoms with Crippen LogP contribution in [0.2, 0.25) is 0 Å². The van der Waals surface area contributed by atoms with E-state index in [1.54, 1.807) is 21.3 Å². The number of hydrogen-bond acceptors (Lipinski definition) is 3. The van der Waals surface area contributed by atoms with Crippen molar-refractivity contribution in [2.75, 3.05) is 21.3 Å². The maximum Gasteiger partial charge on any atom is 0.203 e. The van der Waals surface area contributed by atoms with Crippen molar-refractivity contribution >= 4 is 11.6 Å². The first-order valence-electron chi connectivity index (χ1n) is 7.57. The van der Waals surface area contributed by atoms with Crippen LogP contribution in [-0.4, -0.2) is 21.3 Å². The van der Waals surface area contributed by atoms with Gasteiger partial charge in [-0.15, -0.1) is 11.6 Å². The van der Waals surface area contributed by atoms with Crippen molar-refractivity contribution in [1.29, 1.82) is 0 Å². The zero-order valence-electron chi connectivity index (χ0n) is 13.7. The molecule has 120 valence electrons. The highest BCUT2D eigenvalue weighted by atomic mass is 35.5. The van der Waals surface area contributed by atoms with Crippen molar-refractivity contribution in [3.05, 3.63) is 17.7 Å². The van der Waals surface area contributed by atoms with E-state index in [4.69, 9.17) is 25.8 Å². The number of benzene rings is 1. The highest BCUT2D eigenvalue weighted by Gasteiger charge is 2.26. The Balaban J connectivity index is 3.21. The van der Waals surface area contributed by atoms with Crippen LogP contribution in [-0.2, 0) is 0 Å². The lowest BCUT2D eigenvalue weighted by atomic mass is 9.90. The van der Waals surface area contributed by atoms with Crippen molar-refractivity contribution < 1.29 is 14.2 Å². The topological polar surface area (TPSA) is 27.7 Å². The third-order valence-electron chi connectivity index (χ3n) is 3.76. The summed E-state index contributed by atoms with van der Waals surface area (Å²) in [4.78, 5) is 0. The molecule has 1 rings (SSSR count). The number of ether oxygens (including phenoxy) is 3. The van der Waals surface area contributed by atoms with Crippen LogP contribution in [0.4, 0.5) is 0 Å². The second-order valence-electron chi connectivity index (χ2n) is 5.16. The molecule has 0 aliphatic rings. The van der Waals surface area contributed by atoms with Gasteiger partial charge in [-0.1, -0.05) is 26.7 Å². The molecular weight excluding hydrogens is 288 g/mol. The maximum absolute atomic E-state index is 6.76. The highest BCUT2D eigenvalue weighted by Crippen LogP contribution is 2.47. The van der Waals surface area contributed by atoms with Gasteiger partial charge in [0.2, 0.25) is 5.75 Å². The molecule has 0 spiro atoms. The average Bonchev–Trinajstić information content (AvgIpc) is 2.52. The summed E-state index contributed by atoms with van der Waals surface area (Å²) in [6.45, 7) is 4.39. The molecule has 0 aliphatic carbocycles. The summed E-state index contributed by atoms with van der Waals surface area (Å²) in [5, 5.41) is -0.0837. The van der Waals surface area contributed by atoms with Crippen LogP contribution in [0.1, 0.15) is 50.5 Å². The smallest absolute Gasteiger partial charge is 0.203 e. The summed E-state index contributed by atoms with van der Waals surface area (Å²) >= 11 is 6.76. The molecule has 1 atom stereocenters. The van der Waals surface area contributed by atoms with E-state index in [0.717, 1.165) is 31.2 Å². The van der Waals surface area contributed by atoms with Crippen LogP contribution in [0.3, 0.4) is 0 Å². The van der Waals surface area contributed by atoms with Crippen molar-refractivity contribution in [1.82, 2.24) is 0 Å². The third kappa shape index (κ3) is 4.19. The quantitative estimate of drug-likeness (QED) is 0.586. The molecule has 0 fully saturated rings. The molecule has 4 heteroatoms. The summed E-state index contributed by atoms with van der Waals surface area (Å²) in [5.74, 6) is 2.38. The number of halogens is 1. The Morgan fingerprint density at radius 3 is 1.90 bits per heavy atom. The average molecular weight is 315 g/mol. The Morgan fingerprint density at radius 1 is 0.905 bits per heavy atom. The first-order valence-corrected chi connectivity index (χ1v) is 8.01. The first-order chi connectivity index (χ1) is 10.1. The molecule has 0 bridgehead atoms. The van der Waals surface area contributed by atoms with Gasteiger partial charge in [0.05, 0.1) is 26.7 Å². The van der Waals surface area contributed by atoms with E-state index in [1.807, 2.05) is 12.1 Å². The Morgan fingerprint density at radius 2 is 1.48 bits per heavy atom. The minimum absolute atomic E-state index is 0.0837. The Kier molecular flexibility index (Phi) is 7.73. The molecule has 3 nitrogen and oxygen atoms in total. The number of alkyl halides is 1. The van der Waals surface area contributed by atoms with Crippen molar-refractivity contribution in [3.8, 4) is 17.2 Å². The fourth-order valence-corrected chi connectivity index (χ4v) is 3.20. The number of hydrogen-bond donors (Lipinski definition) is 0. The summed E-state index contributed by atoms with van der Waals surface area (Å²) < 4.78 is 16.3. The van der Waals surface area contributed by atoms with Gasteiger partial charge < -0.3 is 14.2 Å². The van der Waals surface area contributed by atoms with Gasteiger partial charge in [0, 0.05) is 5.56 Å². The van der Waals surface area contributed by atoms with E-state index in [9.17, 15) is 0 Å². The van der Waals surface area contributed by atoms with Gasteiger partial charge >= 0.3 is 0 Å². The molecule has 1 aromatic carbocycles. The Hall–Kier alpha value is -1.09. The number of methoxy groups -OCH3 is 3. The Labute approximate surface area is 133 Å². The van der Waals surface area contributed by atoms with Crippen LogP contribution in [0, 0.1) is 5.92 Å². The van der Waals surface area contributed by atoms with E-state index < -0.39 is 0 Å². The molecule has 21 heavy (non-hydrogen) atoms. The summed E-state index contributed by atoms with van der Waals surface area (Å²) in [6, 6.07) is 3.87. The third-order valence-corrected chi connectivity index (χ3v) is 4.36. The first kappa shape index (κ1) is 18.0. The fraction of sp³-hybridized carbons (Fsp3) is 0.647. The monoisotopic (exact) mass is 314 g/mol. The summed E-state index contributed by atoms with van der Waals surface area (Å²) in [7, 11) is 4.87. The van der Waals surface area contributed by atoms with Gasteiger partial charge in [0.1, 0.15) is 0 Å². The van der Waals surface area contributed by atoms with Crippen LogP contribution >= 0.6 is 11.6 Å². The van der Waals surface area contributed by atoms with Crippen LogP contribution in [0.5, 0.6) is 17.2 Å². The predicted molar refractivity (Wildman–Crippen MR) is 88.0 cm³/mol. The maximum atomic E-state index is 6.76. The molecule has 1 unspecified atom stereocenters. The molecule has 0 radical (unpaired) electrons. The van der Waals surface area contributed by atoms with Crippen LogP contribution in [0.25, 0.3) is 0 Å². The zero-order valence-corrected chi connectivity index (χ0v) is 14.5. The van der Waals surface area contributed by atoms with E-state index in [1.165, 1.54) is 0 Å². The van der Waals surface area contributed by atoms with Gasteiger partial charge in [-0.05, 0) is 30.9 Å². The standard InChI is InChI=1S/C17H27ClO3/c1-6-8-12(9-7-2)15(18)13-10-11-14(19-3)17(21-5)16(13)20-4/h10-12,15H,6-9H2,1-5H3. The minimum Gasteiger partial charge on any atom is -0.493 e. The van der Waals surface area contributed by atoms with Gasteiger partial charge in [-0.2, -0.15) is 0 Å². The lowest BCUT2D eigenvalue weighted by Crippen LogP contribution is -2.10. The van der Waals surface area contributed by atoms with Crippen LogP contribution < -0.4 is 14.2 Å². The largest absolute Gasteiger partial charge is 0.493 e. The summed E-state index contributed by atoms with van der Waals surface area (Å²) in [5.41, 5.74) is 0.976. The minimum atomic E-state index is -0.0837. The van der Waals surface area contributed by atoms with E-state index >= 15 is 0 Å². The molecule has 1 aromatic rings. The van der Waals surface area contributed by atoms with Crippen molar-refractivity contribution in [2.24, 2.45) is 5.92 Å².